The molecule has 7 nitrogen and oxygen atoms in total. The fourth-order valence-electron chi connectivity index (χ4n) is 1.55. The standard InChI is InChI=1S/C12H15ClN6O/c1-19-9(7-16-18-19)6-15-12(14)17-8-3-4-11(20-2)10(13)5-8/h3-5,7H,6H2,1-2H3,(H3,14,15,17). The van der Waals surface area contributed by atoms with Crippen LogP contribution in [0.25, 0.3) is 0 Å². The molecule has 0 aliphatic heterocycles. The number of benzene rings is 1. The van der Waals surface area contributed by atoms with Crippen molar-refractivity contribution in [3.8, 4) is 5.75 Å². The molecule has 2 rings (SSSR count). The maximum atomic E-state index is 6.03. The van der Waals surface area contributed by atoms with Gasteiger partial charge in [0.1, 0.15) is 5.75 Å². The van der Waals surface area contributed by atoms with E-state index >= 15 is 0 Å². The molecule has 1 heterocycles. The van der Waals surface area contributed by atoms with E-state index in [4.69, 9.17) is 22.1 Å². The Hall–Kier alpha value is -2.28. The van der Waals surface area contributed by atoms with Crippen molar-refractivity contribution in [1.82, 2.24) is 15.0 Å². The minimum absolute atomic E-state index is 0.285. The molecule has 0 saturated heterocycles. The summed E-state index contributed by atoms with van der Waals surface area (Å²) < 4.78 is 6.72. The third-order valence-electron chi connectivity index (χ3n) is 2.64. The number of hydrogen-bond acceptors (Lipinski definition) is 4. The van der Waals surface area contributed by atoms with Crippen molar-refractivity contribution in [2.75, 3.05) is 12.4 Å². The first-order valence-electron chi connectivity index (χ1n) is 5.84. The van der Waals surface area contributed by atoms with E-state index in [1.807, 2.05) is 0 Å². The number of ether oxygens (including phenoxy) is 1. The lowest BCUT2D eigenvalue weighted by Gasteiger charge is -2.08. The molecule has 106 valence electrons. The highest BCUT2D eigenvalue weighted by Gasteiger charge is 2.03. The number of aryl methyl sites for hydroxylation is 1. The van der Waals surface area contributed by atoms with Crippen LogP contribution in [-0.4, -0.2) is 28.1 Å². The normalized spacial score (nSPS) is 11.4. The first kappa shape index (κ1) is 14.1. The third-order valence-corrected chi connectivity index (χ3v) is 2.94. The van der Waals surface area contributed by atoms with Gasteiger partial charge in [0.2, 0.25) is 0 Å². The van der Waals surface area contributed by atoms with E-state index in [1.165, 1.54) is 0 Å². The largest absolute Gasteiger partial charge is 0.495 e. The second-order valence-corrected chi connectivity index (χ2v) is 4.43. The van der Waals surface area contributed by atoms with Gasteiger partial charge in [-0.05, 0) is 18.2 Å². The van der Waals surface area contributed by atoms with E-state index in [0.29, 0.717) is 17.3 Å². The minimum atomic E-state index is 0.285. The number of guanidine groups is 1. The first-order valence-corrected chi connectivity index (χ1v) is 6.22. The summed E-state index contributed by atoms with van der Waals surface area (Å²) >= 11 is 6.03. The minimum Gasteiger partial charge on any atom is -0.495 e. The van der Waals surface area contributed by atoms with Gasteiger partial charge >= 0.3 is 0 Å². The Morgan fingerprint density at radius 1 is 1.55 bits per heavy atom. The second kappa shape index (κ2) is 6.25. The number of anilines is 1. The topological polar surface area (TPSA) is 90.3 Å². The Labute approximate surface area is 121 Å². The summed E-state index contributed by atoms with van der Waals surface area (Å²) in [6, 6.07) is 5.27. The van der Waals surface area contributed by atoms with Gasteiger partial charge in [0.25, 0.3) is 0 Å². The number of aliphatic imine (C=N–C) groups is 1. The molecule has 1 aromatic carbocycles. The summed E-state index contributed by atoms with van der Waals surface area (Å²) in [7, 11) is 3.36. The molecule has 1 aromatic heterocycles. The van der Waals surface area contributed by atoms with Crippen molar-refractivity contribution in [2.24, 2.45) is 17.8 Å². The van der Waals surface area contributed by atoms with Crippen molar-refractivity contribution in [1.29, 1.82) is 0 Å². The Balaban J connectivity index is 2.02. The number of halogens is 1. The lowest BCUT2D eigenvalue weighted by atomic mass is 10.3. The highest BCUT2D eigenvalue weighted by Crippen LogP contribution is 2.26. The third kappa shape index (κ3) is 3.39. The van der Waals surface area contributed by atoms with Gasteiger partial charge in [-0.1, -0.05) is 16.8 Å². The maximum absolute atomic E-state index is 6.03. The molecule has 2 aromatic rings. The number of nitrogens with zero attached hydrogens (tertiary/aromatic N) is 4. The summed E-state index contributed by atoms with van der Waals surface area (Å²) in [6.07, 6.45) is 1.64. The highest BCUT2D eigenvalue weighted by molar-refractivity contribution is 6.32. The van der Waals surface area contributed by atoms with Crippen molar-refractivity contribution >= 4 is 23.2 Å². The van der Waals surface area contributed by atoms with Crippen molar-refractivity contribution < 1.29 is 4.74 Å². The van der Waals surface area contributed by atoms with Crippen LogP contribution < -0.4 is 15.8 Å². The van der Waals surface area contributed by atoms with Crippen molar-refractivity contribution in [2.45, 2.75) is 6.54 Å². The number of methoxy groups -OCH3 is 1. The van der Waals surface area contributed by atoms with E-state index in [0.717, 1.165) is 11.4 Å². The number of nitrogens with one attached hydrogen (secondary N) is 1. The molecule has 0 unspecified atom stereocenters. The first-order chi connectivity index (χ1) is 9.60. The summed E-state index contributed by atoms with van der Waals surface area (Å²) in [5.74, 6) is 0.890. The summed E-state index contributed by atoms with van der Waals surface area (Å²) in [6.45, 7) is 0.395. The predicted molar refractivity (Wildman–Crippen MR) is 78.0 cm³/mol. The van der Waals surface area contributed by atoms with Crippen LogP contribution in [0.2, 0.25) is 5.02 Å². The molecular weight excluding hydrogens is 280 g/mol. The number of hydrogen-bond donors (Lipinski definition) is 2. The molecule has 3 N–H and O–H groups in total. The van der Waals surface area contributed by atoms with Gasteiger partial charge in [-0.25, -0.2) is 4.99 Å². The Bertz CT molecular complexity index is 624. The Kier molecular flexibility index (Phi) is 4.41. The van der Waals surface area contributed by atoms with Crippen LogP contribution in [0.4, 0.5) is 5.69 Å². The van der Waals surface area contributed by atoms with Gasteiger partial charge in [-0.3, -0.25) is 4.68 Å². The molecule has 0 bridgehead atoms. The molecule has 0 spiro atoms. The summed E-state index contributed by atoms with van der Waals surface area (Å²) in [5.41, 5.74) is 7.41. The van der Waals surface area contributed by atoms with Gasteiger partial charge in [-0.2, -0.15) is 0 Å². The lowest BCUT2D eigenvalue weighted by molar-refractivity contribution is 0.415. The smallest absolute Gasteiger partial charge is 0.193 e. The van der Waals surface area contributed by atoms with E-state index in [1.54, 1.807) is 43.2 Å². The van der Waals surface area contributed by atoms with E-state index in [2.05, 4.69) is 20.6 Å². The van der Waals surface area contributed by atoms with E-state index in [9.17, 15) is 0 Å². The van der Waals surface area contributed by atoms with Crippen LogP contribution >= 0.6 is 11.6 Å². The van der Waals surface area contributed by atoms with E-state index < -0.39 is 0 Å². The zero-order valence-corrected chi connectivity index (χ0v) is 11.9. The fourth-order valence-corrected chi connectivity index (χ4v) is 1.81. The molecule has 0 fully saturated rings. The summed E-state index contributed by atoms with van der Waals surface area (Å²) in [5, 5.41) is 11.0. The van der Waals surface area contributed by atoms with Gasteiger partial charge < -0.3 is 15.8 Å². The van der Waals surface area contributed by atoms with Crippen LogP contribution in [0.15, 0.2) is 29.4 Å². The Morgan fingerprint density at radius 3 is 2.95 bits per heavy atom. The van der Waals surface area contributed by atoms with E-state index in [-0.39, 0.29) is 5.96 Å². The van der Waals surface area contributed by atoms with Crippen LogP contribution in [0, 0.1) is 0 Å². The molecular formula is C12H15ClN6O. The monoisotopic (exact) mass is 294 g/mol. The fraction of sp³-hybridized carbons (Fsp3) is 0.250. The maximum Gasteiger partial charge on any atom is 0.193 e. The predicted octanol–water partition coefficient (Wildman–Crippen LogP) is 1.40. The molecule has 0 amide bonds. The van der Waals surface area contributed by atoms with Crippen molar-refractivity contribution in [3.63, 3.8) is 0 Å². The van der Waals surface area contributed by atoms with Gasteiger partial charge in [0.05, 0.1) is 30.6 Å². The SMILES string of the molecule is COc1ccc(NC(N)=NCc2cnnn2C)cc1Cl. The van der Waals surface area contributed by atoms with Gasteiger partial charge in [0.15, 0.2) is 5.96 Å². The molecule has 0 aliphatic carbocycles. The van der Waals surface area contributed by atoms with Crippen LogP contribution in [-0.2, 0) is 13.6 Å². The number of nitrogens with two attached hydrogens (primary N) is 1. The number of rotatable bonds is 4. The van der Waals surface area contributed by atoms with Crippen LogP contribution in [0.5, 0.6) is 5.75 Å². The highest BCUT2D eigenvalue weighted by atomic mass is 35.5. The molecule has 8 heteroatoms. The second-order valence-electron chi connectivity index (χ2n) is 4.02. The zero-order valence-electron chi connectivity index (χ0n) is 11.2. The van der Waals surface area contributed by atoms with Crippen LogP contribution in [0.3, 0.4) is 0 Å². The molecule has 20 heavy (non-hydrogen) atoms. The summed E-state index contributed by atoms with van der Waals surface area (Å²) in [4.78, 5) is 4.20. The average molecular weight is 295 g/mol. The molecule has 0 atom stereocenters. The quantitative estimate of drug-likeness (QED) is 0.657. The van der Waals surface area contributed by atoms with Crippen LogP contribution in [0.1, 0.15) is 5.69 Å². The average Bonchev–Trinajstić information content (AvgIpc) is 2.82. The zero-order chi connectivity index (χ0) is 14.5. The van der Waals surface area contributed by atoms with Crippen molar-refractivity contribution in [3.05, 3.63) is 35.1 Å². The molecule has 0 aliphatic rings. The Morgan fingerprint density at radius 2 is 2.35 bits per heavy atom. The molecule has 0 radical (unpaired) electrons. The van der Waals surface area contributed by atoms with Gasteiger partial charge in [0, 0.05) is 12.7 Å². The van der Waals surface area contributed by atoms with Gasteiger partial charge in [-0.15, -0.1) is 5.10 Å². The lowest BCUT2D eigenvalue weighted by Crippen LogP contribution is -2.22. The number of aromatic nitrogens is 3. The molecule has 0 saturated carbocycles.